The Balaban J connectivity index is 1.69. The molecule has 0 saturated heterocycles. The molecule has 0 atom stereocenters. The third-order valence-corrected chi connectivity index (χ3v) is 6.84. The third-order valence-electron chi connectivity index (χ3n) is 6.20. The van der Waals surface area contributed by atoms with Gasteiger partial charge in [-0.1, -0.05) is 36.0 Å². The molecule has 0 radical (unpaired) electrons. The molecule has 39 heavy (non-hydrogen) atoms. The SMILES string of the molecule is CSc1nc(=NC(=O)Nc2cccc(C)c2)n(-c2cccc(C)c2)c(=O)n1-c1ccc(-n2cccc2)c(C)c1. The number of aryl methyl sites for hydroxylation is 3. The Hall–Kier alpha value is -4.63. The molecular weight excluding hydrogens is 508 g/mol. The highest BCUT2D eigenvalue weighted by Crippen LogP contribution is 2.21. The van der Waals surface area contributed by atoms with E-state index in [1.807, 2.05) is 111 Å². The van der Waals surface area contributed by atoms with Crippen LogP contribution in [0.1, 0.15) is 16.7 Å². The molecule has 2 heterocycles. The van der Waals surface area contributed by atoms with Crippen LogP contribution in [0.3, 0.4) is 0 Å². The second-order valence-corrected chi connectivity index (χ2v) is 9.94. The average molecular weight is 537 g/mol. The topological polar surface area (TPSA) is 86.2 Å². The molecule has 0 unspecified atom stereocenters. The van der Waals surface area contributed by atoms with Gasteiger partial charge in [0.25, 0.3) is 0 Å². The first kappa shape index (κ1) is 26.0. The van der Waals surface area contributed by atoms with Gasteiger partial charge in [-0.25, -0.2) is 18.7 Å². The highest BCUT2D eigenvalue weighted by Gasteiger charge is 2.17. The van der Waals surface area contributed by atoms with Crippen molar-refractivity contribution in [1.29, 1.82) is 0 Å². The molecule has 196 valence electrons. The van der Waals surface area contributed by atoms with Crippen LogP contribution in [0.4, 0.5) is 10.5 Å². The molecule has 0 bridgehead atoms. The van der Waals surface area contributed by atoms with Gasteiger partial charge in [0.1, 0.15) is 0 Å². The Morgan fingerprint density at radius 1 is 0.846 bits per heavy atom. The van der Waals surface area contributed by atoms with Gasteiger partial charge in [0, 0.05) is 23.8 Å². The fourth-order valence-corrected chi connectivity index (χ4v) is 4.95. The van der Waals surface area contributed by atoms with Gasteiger partial charge in [0.2, 0.25) is 5.62 Å². The highest BCUT2D eigenvalue weighted by atomic mass is 32.2. The number of aromatic nitrogens is 4. The van der Waals surface area contributed by atoms with Crippen molar-refractivity contribution in [1.82, 2.24) is 18.7 Å². The van der Waals surface area contributed by atoms with Gasteiger partial charge in [-0.05, 0) is 98.3 Å². The minimum Gasteiger partial charge on any atom is -0.324 e. The Kier molecular flexibility index (Phi) is 7.33. The number of amides is 2. The Labute approximate surface area is 230 Å². The summed E-state index contributed by atoms with van der Waals surface area (Å²) in [6.45, 7) is 5.89. The summed E-state index contributed by atoms with van der Waals surface area (Å²) in [5.41, 5.74) is 5.44. The number of rotatable bonds is 5. The number of nitrogens with one attached hydrogen (secondary N) is 1. The van der Waals surface area contributed by atoms with E-state index in [4.69, 9.17) is 4.98 Å². The molecule has 0 fully saturated rings. The Morgan fingerprint density at radius 2 is 1.54 bits per heavy atom. The average Bonchev–Trinajstić information content (AvgIpc) is 3.43. The number of benzene rings is 3. The zero-order valence-electron chi connectivity index (χ0n) is 22.1. The lowest BCUT2D eigenvalue weighted by atomic mass is 10.1. The van der Waals surface area contributed by atoms with Crippen LogP contribution in [0.2, 0.25) is 0 Å². The maximum Gasteiger partial charge on any atom is 0.348 e. The summed E-state index contributed by atoms with van der Waals surface area (Å²) in [6.07, 6.45) is 5.80. The summed E-state index contributed by atoms with van der Waals surface area (Å²) in [5, 5.41) is 3.19. The van der Waals surface area contributed by atoms with Gasteiger partial charge in [-0.3, -0.25) is 0 Å². The van der Waals surface area contributed by atoms with Crippen LogP contribution in [-0.2, 0) is 0 Å². The standard InChI is InChI=1S/C30H28N6O2S/c1-20-9-7-11-23(17-20)31-28(37)32-27-33-29(39-4)36(30(38)35(27)24-12-8-10-21(2)18-24)25-13-14-26(22(3)19-25)34-15-5-6-16-34/h5-19H,1-4H3,(H,31,37). The zero-order valence-corrected chi connectivity index (χ0v) is 22.9. The number of carbonyl (C=O) groups excluding carboxylic acids is 1. The highest BCUT2D eigenvalue weighted by molar-refractivity contribution is 7.98. The maximum absolute atomic E-state index is 14.2. The molecule has 0 saturated carbocycles. The predicted octanol–water partition coefficient (Wildman–Crippen LogP) is 5.59. The Morgan fingerprint density at radius 3 is 2.21 bits per heavy atom. The number of anilines is 1. The van der Waals surface area contributed by atoms with E-state index in [9.17, 15) is 9.59 Å². The van der Waals surface area contributed by atoms with E-state index in [0.717, 1.165) is 22.4 Å². The second kappa shape index (κ2) is 11.0. The molecule has 5 rings (SSSR count). The van der Waals surface area contributed by atoms with Crippen LogP contribution < -0.4 is 16.6 Å². The summed E-state index contributed by atoms with van der Waals surface area (Å²) in [5.74, 6) is 0. The lowest BCUT2D eigenvalue weighted by Crippen LogP contribution is -2.42. The number of carbonyl (C=O) groups is 1. The van der Waals surface area contributed by atoms with Gasteiger partial charge >= 0.3 is 11.7 Å². The summed E-state index contributed by atoms with van der Waals surface area (Å²) >= 11 is 1.31. The summed E-state index contributed by atoms with van der Waals surface area (Å²) < 4.78 is 4.95. The third kappa shape index (κ3) is 5.49. The first-order valence-electron chi connectivity index (χ1n) is 12.4. The van der Waals surface area contributed by atoms with E-state index in [1.165, 1.54) is 16.3 Å². The monoisotopic (exact) mass is 536 g/mol. The van der Waals surface area contributed by atoms with E-state index in [0.29, 0.717) is 22.2 Å². The van der Waals surface area contributed by atoms with Gasteiger partial charge in [-0.2, -0.15) is 9.98 Å². The van der Waals surface area contributed by atoms with E-state index in [1.54, 1.807) is 16.7 Å². The number of nitrogens with zero attached hydrogens (tertiary/aromatic N) is 5. The molecule has 2 amide bonds. The molecule has 9 heteroatoms. The molecule has 0 aliphatic carbocycles. The van der Waals surface area contributed by atoms with Crippen molar-refractivity contribution in [2.75, 3.05) is 11.6 Å². The van der Waals surface area contributed by atoms with Crippen molar-refractivity contribution in [3.05, 3.63) is 124 Å². The van der Waals surface area contributed by atoms with Crippen molar-refractivity contribution in [3.8, 4) is 17.1 Å². The van der Waals surface area contributed by atoms with E-state index in [-0.39, 0.29) is 11.3 Å². The first-order chi connectivity index (χ1) is 18.8. The minimum atomic E-state index is -0.620. The number of hydrogen-bond donors (Lipinski definition) is 1. The van der Waals surface area contributed by atoms with Crippen LogP contribution in [0.5, 0.6) is 0 Å². The van der Waals surface area contributed by atoms with Crippen LogP contribution in [0.15, 0.2) is 106 Å². The van der Waals surface area contributed by atoms with Gasteiger partial charge in [0.05, 0.1) is 11.4 Å². The fraction of sp³-hybridized carbons (Fsp3) is 0.133. The van der Waals surface area contributed by atoms with Crippen molar-refractivity contribution in [3.63, 3.8) is 0 Å². The minimum absolute atomic E-state index is 0.00274. The molecular formula is C30H28N6O2S. The van der Waals surface area contributed by atoms with Crippen LogP contribution in [-0.4, -0.2) is 31.0 Å². The van der Waals surface area contributed by atoms with E-state index in [2.05, 4.69) is 10.3 Å². The van der Waals surface area contributed by atoms with Crippen molar-refractivity contribution >= 4 is 23.5 Å². The van der Waals surface area contributed by atoms with Gasteiger partial charge in [0.15, 0.2) is 5.16 Å². The smallest absolute Gasteiger partial charge is 0.324 e. The maximum atomic E-state index is 14.2. The molecule has 0 aliphatic rings. The molecule has 0 aliphatic heterocycles. The molecule has 3 aromatic carbocycles. The molecule has 5 aromatic rings. The molecule has 0 spiro atoms. The predicted molar refractivity (Wildman–Crippen MR) is 156 cm³/mol. The summed E-state index contributed by atoms with van der Waals surface area (Å²) in [4.78, 5) is 36.0. The quantitative estimate of drug-likeness (QED) is 0.297. The zero-order chi connectivity index (χ0) is 27.5. The molecule has 1 N–H and O–H groups in total. The molecule has 2 aromatic heterocycles. The number of hydrogen-bond acceptors (Lipinski definition) is 4. The normalized spacial score (nSPS) is 11.5. The fourth-order valence-electron chi connectivity index (χ4n) is 4.41. The van der Waals surface area contributed by atoms with Gasteiger partial charge < -0.3 is 9.88 Å². The van der Waals surface area contributed by atoms with Crippen LogP contribution in [0.25, 0.3) is 17.1 Å². The lowest BCUT2D eigenvalue weighted by Gasteiger charge is -2.16. The number of thioether (sulfide) groups is 1. The Bertz CT molecular complexity index is 1800. The summed E-state index contributed by atoms with van der Waals surface area (Å²) in [7, 11) is 0. The van der Waals surface area contributed by atoms with Crippen molar-refractivity contribution in [2.24, 2.45) is 4.99 Å². The summed E-state index contributed by atoms with van der Waals surface area (Å²) in [6, 6.07) is 24.0. The second-order valence-electron chi connectivity index (χ2n) is 9.16. The molecule has 8 nitrogen and oxygen atoms in total. The van der Waals surface area contributed by atoms with Crippen molar-refractivity contribution in [2.45, 2.75) is 25.9 Å². The largest absolute Gasteiger partial charge is 0.348 e. The van der Waals surface area contributed by atoms with Crippen molar-refractivity contribution < 1.29 is 4.79 Å². The lowest BCUT2D eigenvalue weighted by molar-refractivity contribution is 0.258. The van der Waals surface area contributed by atoms with E-state index >= 15 is 0 Å². The first-order valence-corrected chi connectivity index (χ1v) is 13.6. The van der Waals surface area contributed by atoms with Crippen LogP contribution >= 0.6 is 11.8 Å². The van der Waals surface area contributed by atoms with Gasteiger partial charge in [-0.15, -0.1) is 0 Å². The number of urea groups is 1. The van der Waals surface area contributed by atoms with Crippen LogP contribution in [0, 0.1) is 20.8 Å². The van der Waals surface area contributed by atoms with E-state index < -0.39 is 6.03 Å².